The monoisotopic (exact) mass is 376 g/mol. The average molecular weight is 376 g/mol. The molecule has 0 aliphatic heterocycles. The molecule has 0 radical (unpaired) electrons. The van der Waals surface area contributed by atoms with E-state index in [1.807, 2.05) is 0 Å². The third kappa shape index (κ3) is 3.47. The molecular formula is C15H13FN6O3S. The lowest BCUT2D eigenvalue weighted by Crippen LogP contribution is -2.22. The smallest absolute Gasteiger partial charge is 0.306 e. The standard InChI is InChI=1S/C15H13FN6O3S/c1-8(26-15-10-6-19-21(2)13(10)17-7-18-15)14(23)20-9-3-4-11(16)12(5-9)22(24)25/h3-8H,1-2H3,(H,20,23). The van der Waals surface area contributed by atoms with Crippen LogP contribution in [0.2, 0.25) is 0 Å². The maximum Gasteiger partial charge on any atom is 0.306 e. The number of rotatable bonds is 5. The van der Waals surface area contributed by atoms with Crippen LogP contribution in [0.3, 0.4) is 0 Å². The lowest BCUT2D eigenvalue weighted by atomic mass is 10.2. The number of halogens is 1. The van der Waals surface area contributed by atoms with Crippen LogP contribution in [0.15, 0.2) is 35.7 Å². The number of thioether (sulfide) groups is 1. The number of carbonyl (C=O) groups excluding carboxylic acids is 1. The summed E-state index contributed by atoms with van der Waals surface area (Å²) in [6.45, 7) is 1.67. The number of nitrogens with zero attached hydrogens (tertiary/aromatic N) is 5. The Labute approximate surface area is 150 Å². The number of benzene rings is 1. The molecule has 0 aliphatic rings. The Kier molecular flexibility index (Phi) is 4.80. The molecule has 3 aromatic rings. The molecule has 0 spiro atoms. The van der Waals surface area contributed by atoms with Crippen LogP contribution in [-0.4, -0.2) is 35.8 Å². The maximum atomic E-state index is 13.4. The fourth-order valence-corrected chi connectivity index (χ4v) is 3.11. The molecule has 134 valence electrons. The summed E-state index contributed by atoms with van der Waals surface area (Å²) in [7, 11) is 1.75. The summed E-state index contributed by atoms with van der Waals surface area (Å²) < 4.78 is 15.0. The number of aromatic nitrogens is 4. The molecule has 2 aromatic heterocycles. The van der Waals surface area contributed by atoms with Crippen LogP contribution < -0.4 is 5.32 Å². The number of nitro benzene ring substituents is 1. The molecule has 1 atom stereocenters. The fraction of sp³-hybridized carbons (Fsp3) is 0.200. The van der Waals surface area contributed by atoms with Crippen molar-refractivity contribution in [1.82, 2.24) is 19.7 Å². The van der Waals surface area contributed by atoms with Gasteiger partial charge in [0.25, 0.3) is 0 Å². The van der Waals surface area contributed by atoms with Crippen molar-refractivity contribution in [2.45, 2.75) is 17.2 Å². The third-order valence-electron chi connectivity index (χ3n) is 3.56. The molecule has 0 saturated heterocycles. The van der Waals surface area contributed by atoms with E-state index in [1.165, 1.54) is 24.2 Å². The molecule has 0 fully saturated rings. The number of amides is 1. The van der Waals surface area contributed by atoms with Crippen LogP contribution in [-0.2, 0) is 11.8 Å². The fourth-order valence-electron chi connectivity index (χ4n) is 2.23. The quantitative estimate of drug-likeness (QED) is 0.315. The van der Waals surface area contributed by atoms with Gasteiger partial charge in [-0.1, -0.05) is 11.8 Å². The number of aryl methyl sites for hydroxylation is 1. The highest BCUT2D eigenvalue weighted by molar-refractivity contribution is 8.00. The van der Waals surface area contributed by atoms with Gasteiger partial charge in [0.1, 0.15) is 11.4 Å². The molecule has 1 unspecified atom stereocenters. The van der Waals surface area contributed by atoms with Gasteiger partial charge in [0.05, 0.1) is 21.8 Å². The van der Waals surface area contributed by atoms with Gasteiger partial charge in [-0.3, -0.25) is 19.6 Å². The van der Waals surface area contributed by atoms with Crippen molar-refractivity contribution in [2.75, 3.05) is 5.32 Å². The van der Waals surface area contributed by atoms with Gasteiger partial charge >= 0.3 is 5.69 Å². The van der Waals surface area contributed by atoms with Crippen LogP contribution in [0.25, 0.3) is 11.0 Å². The Morgan fingerprint density at radius 1 is 1.42 bits per heavy atom. The summed E-state index contributed by atoms with van der Waals surface area (Å²) in [4.78, 5) is 30.6. The first kappa shape index (κ1) is 17.7. The zero-order valence-electron chi connectivity index (χ0n) is 13.7. The Balaban J connectivity index is 1.76. The molecule has 3 rings (SSSR count). The Morgan fingerprint density at radius 3 is 2.92 bits per heavy atom. The van der Waals surface area contributed by atoms with Crippen molar-refractivity contribution in [3.63, 3.8) is 0 Å². The zero-order valence-corrected chi connectivity index (χ0v) is 14.5. The number of hydrogen-bond acceptors (Lipinski definition) is 7. The van der Waals surface area contributed by atoms with E-state index in [4.69, 9.17) is 0 Å². The molecule has 1 aromatic carbocycles. The molecule has 11 heteroatoms. The number of anilines is 1. The predicted octanol–water partition coefficient (Wildman–Crippen LogP) is 2.53. The van der Waals surface area contributed by atoms with Crippen LogP contribution in [0.5, 0.6) is 0 Å². The second kappa shape index (κ2) is 7.04. The first-order chi connectivity index (χ1) is 12.4. The Bertz CT molecular complexity index is 1010. The summed E-state index contributed by atoms with van der Waals surface area (Å²) in [5, 5.41) is 18.2. The third-order valence-corrected chi connectivity index (χ3v) is 4.68. The average Bonchev–Trinajstić information content (AvgIpc) is 2.98. The number of nitro groups is 1. The number of fused-ring (bicyclic) bond motifs is 1. The van der Waals surface area contributed by atoms with Crippen molar-refractivity contribution >= 4 is 40.1 Å². The number of carbonyl (C=O) groups is 1. The van der Waals surface area contributed by atoms with E-state index in [0.717, 1.165) is 17.5 Å². The van der Waals surface area contributed by atoms with E-state index >= 15 is 0 Å². The van der Waals surface area contributed by atoms with Crippen LogP contribution in [0.1, 0.15) is 6.92 Å². The molecule has 0 bridgehead atoms. The van der Waals surface area contributed by atoms with Crippen LogP contribution in [0, 0.1) is 15.9 Å². The maximum absolute atomic E-state index is 13.4. The number of hydrogen-bond donors (Lipinski definition) is 1. The molecule has 2 heterocycles. The van der Waals surface area contributed by atoms with E-state index in [0.29, 0.717) is 10.7 Å². The molecule has 0 saturated carbocycles. The van der Waals surface area contributed by atoms with Gasteiger partial charge in [0.15, 0.2) is 5.65 Å². The Hall–Kier alpha value is -3.08. The molecule has 1 amide bonds. The van der Waals surface area contributed by atoms with Crippen molar-refractivity contribution in [3.8, 4) is 0 Å². The minimum absolute atomic E-state index is 0.143. The van der Waals surface area contributed by atoms with E-state index in [2.05, 4.69) is 20.4 Å². The minimum Gasteiger partial charge on any atom is -0.325 e. The summed E-state index contributed by atoms with van der Waals surface area (Å²) >= 11 is 1.20. The SMILES string of the molecule is CC(Sc1ncnc2c1cnn2C)C(=O)Nc1ccc(F)c([N+](=O)[O-])c1. The first-order valence-electron chi connectivity index (χ1n) is 7.41. The summed E-state index contributed by atoms with van der Waals surface area (Å²) in [5.74, 6) is -1.36. The largest absolute Gasteiger partial charge is 0.325 e. The van der Waals surface area contributed by atoms with E-state index in [9.17, 15) is 19.3 Å². The second-order valence-corrected chi connectivity index (χ2v) is 6.69. The van der Waals surface area contributed by atoms with Gasteiger partial charge in [-0.05, 0) is 19.1 Å². The summed E-state index contributed by atoms with van der Waals surface area (Å²) in [6, 6.07) is 3.19. The van der Waals surface area contributed by atoms with E-state index in [1.54, 1.807) is 24.9 Å². The van der Waals surface area contributed by atoms with Gasteiger partial charge in [-0.25, -0.2) is 9.97 Å². The van der Waals surface area contributed by atoms with Gasteiger partial charge in [-0.2, -0.15) is 9.49 Å². The highest BCUT2D eigenvalue weighted by Crippen LogP contribution is 2.28. The van der Waals surface area contributed by atoms with Crippen molar-refractivity contribution in [3.05, 3.63) is 46.7 Å². The first-order valence-corrected chi connectivity index (χ1v) is 8.29. The lowest BCUT2D eigenvalue weighted by molar-refractivity contribution is -0.387. The normalized spacial score (nSPS) is 12.1. The predicted molar refractivity (Wildman–Crippen MR) is 93.3 cm³/mol. The van der Waals surface area contributed by atoms with E-state index < -0.39 is 27.6 Å². The van der Waals surface area contributed by atoms with Crippen molar-refractivity contribution in [2.24, 2.45) is 7.05 Å². The Morgan fingerprint density at radius 2 is 2.19 bits per heavy atom. The summed E-state index contributed by atoms with van der Waals surface area (Å²) in [5.41, 5.74) is 0.0880. The zero-order chi connectivity index (χ0) is 18.8. The second-order valence-electron chi connectivity index (χ2n) is 5.36. The van der Waals surface area contributed by atoms with Gasteiger partial charge in [-0.15, -0.1) is 0 Å². The molecule has 1 N–H and O–H groups in total. The van der Waals surface area contributed by atoms with Crippen LogP contribution in [0.4, 0.5) is 15.8 Å². The molecule has 9 nitrogen and oxygen atoms in total. The highest BCUT2D eigenvalue weighted by Gasteiger charge is 2.20. The lowest BCUT2D eigenvalue weighted by Gasteiger charge is -2.12. The van der Waals surface area contributed by atoms with Gasteiger partial charge < -0.3 is 5.32 Å². The van der Waals surface area contributed by atoms with Crippen molar-refractivity contribution in [1.29, 1.82) is 0 Å². The van der Waals surface area contributed by atoms with E-state index in [-0.39, 0.29) is 5.69 Å². The molecule has 0 aliphatic carbocycles. The minimum atomic E-state index is -0.963. The number of nitrogens with one attached hydrogen (secondary N) is 1. The van der Waals surface area contributed by atoms with Gasteiger partial charge in [0.2, 0.25) is 11.7 Å². The van der Waals surface area contributed by atoms with Crippen molar-refractivity contribution < 1.29 is 14.1 Å². The molecule has 26 heavy (non-hydrogen) atoms. The highest BCUT2D eigenvalue weighted by atomic mass is 32.2. The van der Waals surface area contributed by atoms with Crippen LogP contribution >= 0.6 is 11.8 Å². The topological polar surface area (TPSA) is 116 Å². The molecular weight excluding hydrogens is 363 g/mol. The van der Waals surface area contributed by atoms with Gasteiger partial charge in [0, 0.05) is 18.8 Å². The summed E-state index contributed by atoms with van der Waals surface area (Å²) in [6.07, 6.45) is 3.01.